The number of aliphatic hydroxyl groups is 1. The Balaban J connectivity index is 0.000000736. The van der Waals surface area contributed by atoms with Gasteiger partial charge in [0.1, 0.15) is 61.8 Å². The predicted molar refractivity (Wildman–Crippen MR) is 451 cm³/mol. The SMILES string of the molecule is CCC1CCC(C(=O)OCCS(=O)(=O)OC)CC1.CCCCC(=O)OCC(F)(F)S(=O)(=O)OC.COS(=O)(=O)C(F)(F)COC(=O)CC(C)(C)C.COS(=O)(=O)CCOC(=O)C1C2CC3CC(C2)CC1C3.COS(=O)(=O)CCOC(=O)C1CCC(C(C)(C)C)CC1.COS(=O)(=O)CCOC(=O)C1CCC(C)CC1.COS(=O)(=O)CCOC(=O)C1CCC(CO)CC1. The zero-order valence-corrected chi connectivity index (χ0v) is 81.4. The Morgan fingerprint density at radius 3 is 0.921 bits per heavy atom. The van der Waals surface area contributed by atoms with Gasteiger partial charge in [0.2, 0.25) is 0 Å². The molecule has 47 heteroatoms. The van der Waals surface area contributed by atoms with Crippen molar-refractivity contribution in [1.82, 2.24) is 0 Å². The number of unbranched alkanes of at least 4 members (excludes halogenated alkanes) is 1. The van der Waals surface area contributed by atoms with Crippen LogP contribution in [0.1, 0.15) is 229 Å². The molecule has 126 heavy (non-hydrogen) atoms. The second-order valence-corrected chi connectivity index (χ2v) is 47.5. The van der Waals surface area contributed by atoms with E-state index in [1.807, 2.05) is 6.92 Å². The molecule has 0 amide bonds. The minimum absolute atomic E-state index is 0.00745. The Labute approximate surface area is 744 Å². The maximum absolute atomic E-state index is 13.0. The van der Waals surface area contributed by atoms with Crippen molar-refractivity contribution in [1.29, 1.82) is 0 Å². The van der Waals surface area contributed by atoms with Gasteiger partial charge in [0, 0.05) is 13.0 Å². The standard InChI is InChI=1S/C14H22O5S.C14H26O5S.C12H22O5S.C11H20O6S.C11H20O5S.C9H16F2O5S.C8H14F2O5S/c1-18-20(16,17)3-2-19-14(15)13-11-5-9-4-10(7-11)8-12(13)6-9;1-14(2,3)12-7-5-11(6-8-12)13(15)19-9-10-20(16,17)18-4;1-3-10-4-6-11(7-5-10)12(13)17-8-9-18(14,15)16-2;1-16-18(14,15)7-6-17-11(13)10-4-2-9(8-12)3-5-10;1-9-3-5-10(6-4-9)11(12)16-7-8-17(13,14)15-2;1-8(2,3)5-7(12)16-6-9(10,11)17(13,14)15-4;1-3-4-5-7(11)15-6-8(9,10)16(12,13)14-2/h9-13H,2-8H2,1H3;11-12H,5-10H2,1-4H3;10-11H,3-9H2,1-2H3;9-10,12H,2-8H2,1H3;9-10H,3-8H2,1-2H3;5-6H2,1-4H3;3-6H2,1-2H3. The summed E-state index contributed by atoms with van der Waals surface area (Å²) in [6.07, 6.45) is 22.6. The Bertz CT molecular complexity index is 4020. The van der Waals surface area contributed by atoms with Gasteiger partial charge >= 0.3 is 72.5 Å². The van der Waals surface area contributed by atoms with Crippen molar-refractivity contribution < 1.29 is 178 Å². The molecule has 742 valence electrons. The van der Waals surface area contributed by atoms with Gasteiger partial charge in [-0.3, -0.25) is 62.8 Å². The van der Waals surface area contributed by atoms with E-state index in [0.717, 1.165) is 175 Å². The maximum atomic E-state index is 13.0. The fraction of sp³-hybridized carbons (Fsp3) is 0.911. The molecule has 0 atom stereocenters. The van der Waals surface area contributed by atoms with E-state index in [-0.39, 0.29) is 152 Å². The van der Waals surface area contributed by atoms with E-state index < -0.39 is 112 Å². The molecule has 0 aliphatic heterocycles. The fourth-order valence-corrected chi connectivity index (χ4v) is 18.4. The largest absolute Gasteiger partial charge is 0.464 e. The van der Waals surface area contributed by atoms with Crippen molar-refractivity contribution in [2.75, 3.05) is 131 Å². The maximum Gasteiger partial charge on any atom is 0.403 e. The van der Waals surface area contributed by atoms with Crippen LogP contribution in [-0.4, -0.2) is 248 Å². The lowest BCUT2D eigenvalue weighted by Crippen LogP contribution is -2.48. The molecule has 0 saturated heterocycles. The van der Waals surface area contributed by atoms with E-state index in [4.69, 9.17) is 28.8 Å². The van der Waals surface area contributed by atoms with Gasteiger partial charge in [-0.05, 0) is 199 Å². The summed E-state index contributed by atoms with van der Waals surface area (Å²) < 4.78 is 267. The Morgan fingerprint density at radius 1 is 0.365 bits per heavy atom. The van der Waals surface area contributed by atoms with Gasteiger partial charge < -0.3 is 38.3 Å². The van der Waals surface area contributed by atoms with Crippen LogP contribution in [0.4, 0.5) is 17.6 Å². The summed E-state index contributed by atoms with van der Waals surface area (Å²) in [7, 11) is -21.1. The first kappa shape index (κ1) is 119. The molecule has 4 bridgehead atoms. The number of alkyl halides is 4. The molecule has 8 aliphatic carbocycles. The first-order valence-electron chi connectivity index (χ1n) is 42.2. The Hall–Kier alpha value is -4.66. The molecule has 0 aromatic heterocycles. The summed E-state index contributed by atoms with van der Waals surface area (Å²) in [5.41, 5.74) is -0.145. The van der Waals surface area contributed by atoms with Gasteiger partial charge in [-0.15, -0.1) is 0 Å². The van der Waals surface area contributed by atoms with Crippen molar-refractivity contribution in [3.8, 4) is 0 Å². The van der Waals surface area contributed by atoms with Crippen LogP contribution < -0.4 is 0 Å². The molecule has 1 N–H and O–H groups in total. The highest BCUT2D eigenvalue weighted by Crippen LogP contribution is 2.57. The monoisotopic (exact) mass is 1960 g/mol. The molecule has 8 aliphatic rings. The predicted octanol–water partition coefficient (Wildman–Crippen LogP) is 10.1. The number of esters is 7. The van der Waals surface area contributed by atoms with Crippen LogP contribution in [0.2, 0.25) is 0 Å². The van der Waals surface area contributed by atoms with Gasteiger partial charge in [-0.25, -0.2) is 0 Å². The summed E-state index contributed by atoms with van der Waals surface area (Å²) >= 11 is 0. The van der Waals surface area contributed by atoms with Crippen LogP contribution in [0.25, 0.3) is 0 Å². The number of halogens is 4. The van der Waals surface area contributed by atoms with Crippen LogP contribution in [-0.2, 0) is 167 Å². The number of aliphatic hydroxyl groups excluding tert-OH is 1. The molecule has 8 rings (SSSR count). The van der Waals surface area contributed by atoms with E-state index >= 15 is 0 Å². The van der Waals surface area contributed by atoms with Gasteiger partial charge in [0.05, 0.1) is 85.8 Å². The van der Waals surface area contributed by atoms with Gasteiger partial charge in [-0.1, -0.05) is 75.2 Å². The van der Waals surface area contributed by atoms with Crippen molar-refractivity contribution in [3.63, 3.8) is 0 Å². The Morgan fingerprint density at radius 2 is 0.651 bits per heavy atom. The van der Waals surface area contributed by atoms with E-state index in [9.17, 15) is 110 Å². The molecule has 0 aromatic rings. The topological polar surface area (TPSA) is 508 Å². The highest BCUT2D eigenvalue weighted by Gasteiger charge is 2.52. The number of carbonyl (C=O) groups excluding carboxylic acids is 7. The van der Waals surface area contributed by atoms with Crippen molar-refractivity contribution in [3.05, 3.63) is 0 Å². The number of hydrogen-bond acceptors (Lipinski definition) is 36. The summed E-state index contributed by atoms with van der Waals surface area (Å²) in [5.74, 6) is 0.00990. The minimum atomic E-state index is -5.05. The first-order valence-corrected chi connectivity index (χ1v) is 53.0. The normalized spacial score (nSPS) is 24.0. The average molecular weight is 1970 g/mol. The lowest BCUT2D eigenvalue weighted by atomic mass is 9.52. The quantitative estimate of drug-likeness (QED) is 0.0259. The second kappa shape index (κ2) is 56.4. The highest BCUT2D eigenvalue weighted by atomic mass is 32.2. The third-order valence-electron chi connectivity index (χ3n) is 22.9. The smallest absolute Gasteiger partial charge is 0.403 e. The summed E-state index contributed by atoms with van der Waals surface area (Å²) in [6, 6.07) is 0. The van der Waals surface area contributed by atoms with Crippen molar-refractivity contribution in [2.45, 2.75) is 240 Å². The van der Waals surface area contributed by atoms with E-state index in [1.165, 1.54) is 6.42 Å². The number of ether oxygens (including phenoxy) is 7. The van der Waals surface area contributed by atoms with E-state index in [0.29, 0.717) is 63.6 Å². The number of carbonyl (C=O) groups is 7. The van der Waals surface area contributed by atoms with Crippen molar-refractivity contribution in [2.24, 2.45) is 87.8 Å². The van der Waals surface area contributed by atoms with Crippen LogP contribution in [0, 0.1) is 87.8 Å². The average Bonchev–Trinajstić information content (AvgIpc) is 0.754. The minimum Gasteiger partial charge on any atom is -0.464 e. The summed E-state index contributed by atoms with van der Waals surface area (Å²) in [5, 5.41) is 0.518. The van der Waals surface area contributed by atoms with Gasteiger partial charge in [-0.2, -0.15) is 76.5 Å². The molecular formula is C79H140F4O36S7. The van der Waals surface area contributed by atoms with Crippen LogP contribution in [0.15, 0.2) is 0 Å². The molecule has 0 unspecified atom stereocenters. The third-order valence-corrected chi connectivity index (χ3v) is 31.3. The lowest BCUT2D eigenvalue weighted by Gasteiger charge is -2.53. The van der Waals surface area contributed by atoms with E-state index in [2.05, 4.69) is 73.4 Å². The lowest BCUT2D eigenvalue weighted by molar-refractivity contribution is -0.162. The first-order chi connectivity index (χ1) is 58.2. The molecule has 0 radical (unpaired) electrons. The summed E-state index contributed by atoms with van der Waals surface area (Å²) in [4.78, 5) is 81.1. The molecule has 0 aromatic carbocycles. The van der Waals surface area contributed by atoms with E-state index in [1.54, 1.807) is 20.8 Å². The molecule has 0 heterocycles. The van der Waals surface area contributed by atoms with Gasteiger partial charge in [0.25, 0.3) is 50.6 Å². The molecule has 0 spiro atoms. The van der Waals surface area contributed by atoms with Gasteiger partial charge in [0.15, 0.2) is 13.2 Å². The molecule has 8 fully saturated rings. The molecule has 36 nitrogen and oxygen atoms in total. The fourth-order valence-electron chi connectivity index (χ4n) is 15.2. The zero-order valence-electron chi connectivity index (χ0n) is 75.7. The number of rotatable bonds is 39. The Kier molecular flexibility index (Phi) is 53.4. The third kappa shape index (κ3) is 47.1. The molecule has 8 saturated carbocycles. The highest BCUT2D eigenvalue weighted by molar-refractivity contribution is 7.88. The van der Waals surface area contributed by atoms with Crippen molar-refractivity contribution >= 4 is 113 Å². The van der Waals surface area contributed by atoms with Crippen LogP contribution in [0.5, 0.6) is 0 Å². The second-order valence-electron chi connectivity index (χ2n) is 34.5. The molecular weight excluding hydrogens is 1830 g/mol. The zero-order chi connectivity index (χ0) is 96.5. The van der Waals surface area contributed by atoms with Crippen LogP contribution in [0.3, 0.4) is 0 Å². The van der Waals surface area contributed by atoms with Crippen LogP contribution >= 0.6 is 0 Å². The summed E-state index contributed by atoms with van der Waals surface area (Å²) in [6.45, 7) is 14.4. The number of hydrogen-bond donors (Lipinski definition) is 1.